The van der Waals surface area contributed by atoms with Gasteiger partial charge in [0.25, 0.3) is 0 Å². The highest BCUT2D eigenvalue weighted by Gasteiger charge is 2.24. The van der Waals surface area contributed by atoms with Crippen LogP contribution in [0.2, 0.25) is 0 Å². The zero-order valence-electron chi connectivity index (χ0n) is 13.1. The van der Waals surface area contributed by atoms with E-state index in [2.05, 4.69) is 12.2 Å². The molecule has 2 unspecified atom stereocenters. The quantitative estimate of drug-likeness (QED) is 0.846. The monoisotopic (exact) mass is 302 g/mol. The third kappa shape index (κ3) is 5.25. The van der Waals surface area contributed by atoms with Crippen LogP contribution in [0.15, 0.2) is 0 Å². The molecule has 1 saturated carbocycles. The molecule has 4 heteroatoms. The third-order valence-corrected chi connectivity index (χ3v) is 5.07. The van der Waals surface area contributed by atoms with Gasteiger partial charge < -0.3 is 10.2 Å². The summed E-state index contributed by atoms with van der Waals surface area (Å²) >= 11 is 0. The number of halogens is 1. The van der Waals surface area contributed by atoms with Crippen LogP contribution in [0, 0.1) is 17.8 Å². The van der Waals surface area contributed by atoms with Crippen LogP contribution in [0.25, 0.3) is 0 Å². The minimum atomic E-state index is 0. The minimum Gasteiger partial charge on any atom is -0.345 e. The summed E-state index contributed by atoms with van der Waals surface area (Å²) in [7, 11) is 1.99. The van der Waals surface area contributed by atoms with Gasteiger partial charge in [-0.3, -0.25) is 4.79 Å². The van der Waals surface area contributed by atoms with E-state index in [-0.39, 0.29) is 12.4 Å². The summed E-state index contributed by atoms with van der Waals surface area (Å²) in [6, 6.07) is 0. The van der Waals surface area contributed by atoms with Crippen molar-refractivity contribution in [2.75, 3.05) is 26.7 Å². The summed E-state index contributed by atoms with van der Waals surface area (Å²) in [5.74, 6) is 2.33. The molecular weight excluding hydrogens is 272 g/mol. The maximum absolute atomic E-state index is 12.3. The molecule has 1 amide bonds. The number of nitrogens with zero attached hydrogens (tertiary/aromatic N) is 1. The molecule has 0 spiro atoms. The van der Waals surface area contributed by atoms with Gasteiger partial charge in [0.2, 0.25) is 5.91 Å². The molecule has 20 heavy (non-hydrogen) atoms. The van der Waals surface area contributed by atoms with Crippen molar-refractivity contribution in [3.63, 3.8) is 0 Å². The van der Waals surface area contributed by atoms with Crippen molar-refractivity contribution in [1.82, 2.24) is 10.2 Å². The second kappa shape index (κ2) is 8.89. The number of hydrogen-bond acceptors (Lipinski definition) is 2. The molecule has 2 rings (SSSR count). The first-order valence-electron chi connectivity index (χ1n) is 8.11. The Labute approximate surface area is 130 Å². The van der Waals surface area contributed by atoms with E-state index in [1.165, 1.54) is 38.5 Å². The maximum atomic E-state index is 12.3. The first-order valence-corrected chi connectivity index (χ1v) is 8.11. The second-order valence-corrected chi connectivity index (χ2v) is 6.71. The van der Waals surface area contributed by atoms with Gasteiger partial charge >= 0.3 is 0 Å². The number of carbonyl (C=O) groups is 1. The summed E-state index contributed by atoms with van der Waals surface area (Å²) in [6.45, 7) is 5.48. The van der Waals surface area contributed by atoms with Crippen LogP contribution >= 0.6 is 12.4 Å². The molecule has 1 saturated heterocycles. The second-order valence-electron chi connectivity index (χ2n) is 6.71. The summed E-state index contributed by atoms with van der Waals surface area (Å²) in [6.07, 6.45) is 8.64. The first kappa shape index (κ1) is 17.8. The molecule has 2 fully saturated rings. The Morgan fingerprint density at radius 3 is 2.55 bits per heavy atom. The molecule has 0 radical (unpaired) electrons. The Morgan fingerprint density at radius 1 is 1.25 bits per heavy atom. The standard InChI is InChI=1S/C16H30N2O.ClH/c1-13(15-8-5-9-17-11-15)10-16(19)18(2)12-14-6-3-4-7-14;/h13-15,17H,3-12H2,1-2H3;1H. The van der Waals surface area contributed by atoms with Crippen LogP contribution in [0.3, 0.4) is 0 Å². The zero-order chi connectivity index (χ0) is 13.7. The van der Waals surface area contributed by atoms with E-state index in [9.17, 15) is 4.79 Å². The van der Waals surface area contributed by atoms with Crippen LogP contribution in [0.5, 0.6) is 0 Å². The van der Waals surface area contributed by atoms with Crippen molar-refractivity contribution in [3.05, 3.63) is 0 Å². The Kier molecular flexibility index (Phi) is 7.90. The number of piperidine rings is 1. The van der Waals surface area contributed by atoms with Crippen LogP contribution in [-0.4, -0.2) is 37.5 Å². The zero-order valence-corrected chi connectivity index (χ0v) is 13.9. The van der Waals surface area contributed by atoms with Crippen molar-refractivity contribution in [1.29, 1.82) is 0 Å². The van der Waals surface area contributed by atoms with Crippen molar-refractivity contribution >= 4 is 18.3 Å². The maximum Gasteiger partial charge on any atom is 0.222 e. The third-order valence-electron chi connectivity index (χ3n) is 5.07. The van der Waals surface area contributed by atoms with Gasteiger partial charge in [-0.2, -0.15) is 0 Å². The van der Waals surface area contributed by atoms with Crippen molar-refractivity contribution < 1.29 is 4.79 Å². The van der Waals surface area contributed by atoms with E-state index in [1.807, 2.05) is 11.9 Å². The minimum absolute atomic E-state index is 0. The van der Waals surface area contributed by atoms with Gasteiger partial charge in [-0.1, -0.05) is 19.8 Å². The molecule has 0 aromatic rings. The number of carbonyl (C=O) groups excluding carboxylic acids is 1. The lowest BCUT2D eigenvalue weighted by molar-refractivity contribution is -0.131. The van der Waals surface area contributed by atoms with Gasteiger partial charge in [-0.15, -0.1) is 12.4 Å². The fourth-order valence-corrected chi connectivity index (χ4v) is 3.64. The van der Waals surface area contributed by atoms with Gasteiger partial charge in [0.05, 0.1) is 0 Å². The van der Waals surface area contributed by atoms with E-state index in [0.717, 1.165) is 32.0 Å². The Bertz CT molecular complexity index is 286. The topological polar surface area (TPSA) is 32.3 Å². The van der Waals surface area contributed by atoms with Crippen LogP contribution in [0.4, 0.5) is 0 Å². The highest BCUT2D eigenvalue weighted by molar-refractivity contribution is 5.85. The van der Waals surface area contributed by atoms with Crippen LogP contribution in [0.1, 0.15) is 51.9 Å². The van der Waals surface area contributed by atoms with Gasteiger partial charge in [-0.25, -0.2) is 0 Å². The van der Waals surface area contributed by atoms with Crippen LogP contribution < -0.4 is 5.32 Å². The summed E-state index contributed by atoms with van der Waals surface area (Å²) in [5, 5.41) is 3.45. The molecule has 3 nitrogen and oxygen atoms in total. The smallest absolute Gasteiger partial charge is 0.222 e. The van der Waals surface area contributed by atoms with Crippen molar-refractivity contribution in [2.24, 2.45) is 17.8 Å². The molecule has 118 valence electrons. The summed E-state index contributed by atoms with van der Waals surface area (Å²) < 4.78 is 0. The van der Waals surface area contributed by atoms with E-state index in [4.69, 9.17) is 0 Å². The lowest BCUT2D eigenvalue weighted by Crippen LogP contribution is -2.37. The number of hydrogen-bond donors (Lipinski definition) is 1. The molecule has 1 heterocycles. The average Bonchev–Trinajstić information content (AvgIpc) is 2.92. The van der Waals surface area contributed by atoms with Crippen LogP contribution in [-0.2, 0) is 4.79 Å². The average molecular weight is 303 g/mol. The van der Waals surface area contributed by atoms with Gasteiger partial charge in [-0.05, 0) is 56.5 Å². The molecule has 1 aliphatic carbocycles. The van der Waals surface area contributed by atoms with Crippen molar-refractivity contribution in [2.45, 2.75) is 51.9 Å². The SMILES string of the molecule is CC(CC(=O)N(C)CC1CCCC1)C1CCCNC1.Cl. The molecule has 0 aromatic carbocycles. The lowest BCUT2D eigenvalue weighted by atomic mass is 9.85. The summed E-state index contributed by atoms with van der Waals surface area (Å²) in [5.41, 5.74) is 0. The largest absolute Gasteiger partial charge is 0.345 e. The number of amides is 1. The van der Waals surface area contributed by atoms with Gasteiger partial charge in [0, 0.05) is 20.0 Å². The Morgan fingerprint density at radius 2 is 1.95 bits per heavy atom. The number of nitrogens with one attached hydrogen (secondary N) is 1. The molecule has 2 atom stereocenters. The molecule has 2 aliphatic rings. The van der Waals surface area contributed by atoms with E-state index in [0.29, 0.717) is 17.7 Å². The summed E-state index contributed by atoms with van der Waals surface area (Å²) in [4.78, 5) is 14.3. The normalized spacial score (nSPS) is 25.0. The molecule has 1 aliphatic heterocycles. The molecular formula is C16H31ClN2O. The Hall–Kier alpha value is -0.280. The highest BCUT2D eigenvalue weighted by Crippen LogP contribution is 2.26. The van der Waals surface area contributed by atoms with Crippen molar-refractivity contribution in [3.8, 4) is 0 Å². The Balaban J connectivity index is 0.00000200. The predicted octanol–water partition coefficient (Wildman–Crippen LogP) is 3.08. The van der Waals surface area contributed by atoms with E-state index >= 15 is 0 Å². The molecule has 0 aromatic heterocycles. The predicted molar refractivity (Wildman–Crippen MR) is 86.2 cm³/mol. The fraction of sp³-hybridized carbons (Fsp3) is 0.938. The van der Waals surface area contributed by atoms with E-state index in [1.54, 1.807) is 0 Å². The lowest BCUT2D eigenvalue weighted by Gasteiger charge is -2.29. The molecule has 1 N–H and O–H groups in total. The fourth-order valence-electron chi connectivity index (χ4n) is 3.64. The number of rotatable bonds is 5. The molecule has 0 bridgehead atoms. The first-order chi connectivity index (χ1) is 9.16. The van der Waals surface area contributed by atoms with E-state index < -0.39 is 0 Å². The van der Waals surface area contributed by atoms with Gasteiger partial charge in [0.15, 0.2) is 0 Å². The van der Waals surface area contributed by atoms with Gasteiger partial charge in [0.1, 0.15) is 0 Å². The highest BCUT2D eigenvalue weighted by atomic mass is 35.5.